The van der Waals surface area contributed by atoms with Gasteiger partial charge in [-0.1, -0.05) is 25.1 Å². The molecular formula is C24H21N3O3. The number of phenolic OH excluding ortho intramolecular Hbond substituents is 1. The van der Waals surface area contributed by atoms with Crippen LogP contribution in [0.5, 0.6) is 5.75 Å². The fourth-order valence-corrected chi connectivity index (χ4v) is 3.07. The van der Waals surface area contributed by atoms with Gasteiger partial charge in [-0.15, -0.1) is 0 Å². The molecule has 6 nitrogen and oxygen atoms in total. The molecule has 0 aliphatic rings. The first-order valence-corrected chi connectivity index (χ1v) is 9.67. The number of aromatic nitrogens is 1. The van der Waals surface area contributed by atoms with Crippen molar-refractivity contribution in [3.8, 4) is 5.75 Å². The van der Waals surface area contributed by atoms with Crippen LogP contribution in [0.3, 0.4) is 0 Å². The second-order valence-corrected chi connectivity index (χ2v) is 6.94. The van der Waals surface area contributed by atoms with E-state index in [4.69, 9.17) is 4.42 Å². The van der Waals surface area contributed by atoms with Crippen LogP contribution >= 0.6 is 0 Å². The maximum absolute atomic E-state index is 13.0. The number of anilines is 1. The third-order valence-corrected chi connectivity index (χ3v) is 4.68. The number of carbonyl (C=O) groups is 1. The lowest BCUT2D eigenvalue weighted by atomic mass is 10.1. The Bertz CT molecular complexity index is 1290. The largest absolute Gasteiger partial charge is 0.508 e. The van der Waals surface area contributed by atoms with Crippen LogP contribution in [0.2, 0.25) is 0 Å². The Morgan fingerprint density at radius 1 is 1.10 bits per heavy atom. The molecule has 0 atom stereocenters. The van der Waals surface area contributed by atoms with E-state index in [1.807, 2.05) is 43.3 Å². The number of phenols is 1. The minimum atomic E-state index is -0.379. The molecule has 0 saturated heterocycles. The Hall–Kier alpha value is -3.93. The zero-order valence-corrected chi connectivity index (χ0v) is 16.7. The third-order valence-electron chi connectivity index (χ3n) is 4.68. The van der Waals surface area contributed by atoms with Gasteiger partial charge in [0.2, 0.25) is 5.55 Å². The molecule has 6 heteroatoms. The Morgan fingerprint density at radius 2 is 1.90 bits per heavy atom. The van der Waals surface area contributed by atoms with Crippen molar-refractivity contribution in [3.63, 3.8) is 0 Å². The molecule has 2 N–H and O–H groups in total. The lowest BCUT2D eigenvalue weighted by Crippen LogP contribution is -2.22. The predicted molar refractivity (Wildman–Crippen MR) is 116 cm³/mol. The lowest BCUT2D eigenvalue weighted by molar-refractivity contribution is 0.102. The van der Waals surface area contributed by atoms with E-state index in [2.05, 4.69) is 22.2 Å². The van der Waals surface area contributed by atoms with Gasteiger partial charge in [-0.2, -0.15) is 0 Å². The monoisotopic (exact) mass is 399 g/mol. The van der Waals surface area contributed by atoms with E-state index >= 15 is 0 Å². The molecule has 2 aromatic carbocycles. The summed E-state index contributed by atoms with van der Waals surface area (Å²) in [5, 5.41) is 13.3. The summed E-state index contributed by atoms with van der Waals surface area (Å²) in [6.45, 7) is 3.94. The minimum Gasteiger partial charge on any atom is -0.508 e. The molecule has 4 aromatic rings. The van der Waals surface area contributed by atoms with Gasteiger partial charge in [0.05, 0.1) is 5.69 Å². The molecule has 0 aliphatic heterocycles. The molecule has 0 aliphatic carbocycles. The molecule has 0 fully saturated rings. The molecule has 0 saturated carbocycles. The first kappa shape index (κ1) is 19.4. The normalized spacial score (nSPS) is 11.6. The van der Waals surface area contributed by atoms with E-state index < -0.39 is 0 Å². The number of pyridine rings is 1. The molecule has 0 radical (unpaired) electrons. The highest BCUT2D eigenvalue weighted by molar-refractivity contribution is 6.05. The smallest absolute Gasteiger partial charge is 0.262 e. The second-order valence-electron chi connectivity index (χ2n) is 6.94. The Kier molecular flexibility index (Phi) is 5.30. The number of aromatic hydroxyl groups is 1. The number of nitrogens with one attached hydrogen (secondary N) is 1. The number of hydrogen-bond acceptors (Lipinski definition) is 5. The average Bonchev–Trinajstić information content (AvgIpc) is 2.73. The maximum Gasteiger partial charge on any atom is 0.262 e. The van der Waals surface area contributed by atoms with Gasteiger partial charge in [0.15, 0.2) is 0 Å². The third kappa shape index (κ3) is 4.22. The van der Waals surface area contributed by atoms with Crippen LogP contribution in [0.25, 0.3) is 11.0 Å². The van der Waals surface area contributed by atoms with E-state index in [1.165, 1.54) is 11.6 Å². The highest BCUT2D eigenvalue weighted by Gasteiger charge is 2.14. The van der Waals surface area contributed by atoms with Crippen molar-refractivity contribution >= 4 is 28.4 Å². The predicted octanol–water partition coefficient (Wildman–Crippen LogP) is 4.89. The summed E-state index contributed by atoms with van der Waals surface area (Å²) in [6, 6.07) is 19.6. The molecule has 0 unspecified atom stereocenters. The number of amides is 1. The topological polar surface area (TPSA) is 87.7 Å². The van der Waals surface area contributed by atoms with Gasteiger partial charge in [-0.05, 0) is 61.4 Å². The fourth-order valence-electron chi connectivity index (χ4n) is 3.07. The van der Waals surface area contributed by atoms with Crippen molar-refractivity contribution in [1.82, 2.24) is 4.98 Å². The van der Waals surface area contributed by atoms with Gasteiger partial charge in [0, 0.05) is 17.1 Å². The second kappa shape index (κ2) is 8.21. The van der Waals surface area contributed by atoms with Gasteiger partial charge in [-0.3, -0.25) is 4.79 Å². The molecule has 2 aromatic heterocycles. The summed E-state index contributed by atoms with van der Waals surface area (Å²) in [5.41, 5.74) is 3.52. The van der Waals surface area contributed by atoms with Crippen molar-refractivity contribution in [2.75, 3.05) is 5.32 Å². The molecule has 0 spiro atoms. The highest BCUT2D eigenvalue weighted by atomic mass is 16.3. The summed E-state index contributed by atoms with van der Waals surface area (Å²) in [7, 11) is 0. The molecular weight excluding hydrogens is 378 g/mol. The first-order chi connectivity index (χ1) is 14.5. The first-order valence-electron chi connectivity index (χ1n) is 9.67. The van der Waals surface area contributed by atoms with Crippen LogP contribution in [0.4, 0.5) is 11.5 Å². The van der Waals surface area contributed by atoms with Crippen LogP contribution in [0.1, 0.15) is 28.5 Å². The number of aryl methyl sites for hydroxylation is 2. The summed E-state index contributed by atoms with van der Waals surface area (Å²) >= 11 is 0. The molecule has 150 valence electrons. The minimum absolute atomic E-state index is 0.0747. The van der Waals surface area contributed by atoms with Gasteiger partial charge in [0.25, 0.3) is 5.91 Å². The maximum atomic E-state index is 13.0. The van der Waals surface area contributed by atoms with Crippen molar-refractivity contribution in [1.29, 1.82) is 0 Å². The number of benzene rings is 2. The van der Waals surface area contributed by atoms with Crippen molar-refractivity contribution in [2.24, 2.45) is 4.99 Å². The Labute approximate surface area is 173 Å². The van der Waals surface area contributed by atoms with Crippen LogP contribution in [-0.2, 0) is 6.42 Å². The summed E-state index contributed by atoms with van der Waals surface area (Å²) < 4.78 is 5.91. The summed E-state index contributed by atoms with van der Waals surface area (Å²) in [6.07, 6.45) is 0.928. The zero-order chi connectivity index (χ0) is 21.1. The van der Waals surface area contributed by atoms with Crippen molar-refractivity contribution in [3.05, 3.63) is 89.1 Å². The van der Waals surface area contributed by atoms with Gasteiger partial charge in [-0.25, -0.2) is 9.98 Å². The van der Waals surface area contributed by atoms with E-state index in [-0.39, 0.29) is 22.8 Å². The van der Waals surface area contributed by atoms with Crippen LogP contribution in [-0.4, -0.2) is 16.0 Å². The number of carbonyl (C=O) groups excluding carboxylic acids is 1. The Morgan fingerprint density at radius 3 is 2.63 bits per heavy atom. The highest BCUT2D eigenvalue weighted by Crippen LogP contribution is 2.21. The van der Waals surface area contributed by atoms with Crippen LogP contribution in [0.15, 0.2) is 76.1 Å². The van der Waals surface area contributed by atoms with E-state index in [0.29, 0.717) is 22.5 Å². The lowest BCUT2D eigenvalue weighted by Gasteiger charge is -2.07. The molecule has 30 heavy (non-hydrogen) atoms. The SMILES string of the molecule is CCc1ccc(N=c2oc3cc(O)ccc3cc2C(=O)Nc2cccc(C)n2)cc1. The standard InChI is InChI=1S/C24H21N3O3/c1-3-16-7-10-18(11-8-16)26-24-20(13-17-9-12-19(28)14-21(17)30-24)23(29)27-22-6-4-5-15(2)25-22/h4-14,28H,3H2,1-2H3,(H,25,27,29). The van der Waals surface area contributed by atoms with Crippen molar-refractivity contribution < 1.29 is 14.3 Å². The molecule has 1 amide bonds. The Balaban J connectivity index is 1.83. The number of nitrogens with zero attached hydrogens (tertiary/aromatic N) is 2. The van der Waals surface area contributed by atoms with E-state index in [1.54, 1.807) is 24.3 Å². The molecule has 2 heterocycles. The summed E-state index contributed by atoms with van der Waals surface area (Å²) in [5.74, 6) is 0.144. The number of fused-ring (bicyclic) bond motifs is 1. The quantitative estimate of drug-likeness (QED) is 0.511. The van der Waals surface area contributed by atoms with E-state index in [0.717, 1.165) is 12.1 Å². The molecule has 0 bridgehead atoms. The number of hydrogen-bond donors (Lipinski definition) is 2. The molecule has 4 rings (SSSR count). The average molecular weight is 399 g/mol. The van der Waals surface area contributed by atoms with Crippen LogP contribution < -0.4 is 10.9 Å². The van der Waals surface area contributed by atoms with E-state index in [9.17, 15) is 9.90 Å². The summed E-state index contributed by atoms with van der Waals surface area (Å²) in [4.78, 5) is 21.9. The fraction of sp³-hybridized carbons (Fsp3) is 0.125. The number of rotatable bonds is 4. The van der Waals surface area contributed by atoms with Gasteiger partial charge >= 0.3 is 0 Å². The van der Waals surface area contributed by atoms with Gasteiger partial charge in [0.1, 0.15) is 22.7 Å². The van der Waals surface area contributed by atoms with Crippen LogP contribution in [0, 0.1) is 6.92 Å². The van der Waals surface area contributed by atoms with Gasteiger partial charge < -0.3 is 14.8 Å². The van der Waals surface area contributed by atoms with Crippen molar-refractivity contribution in [2.45, 2.75) is 20.3 Å². The zero-order valence-electron chi connectivity index (χ0n) is 16.7.